The van der Waals surface area contributed by atoms with Gasteiger partial charge < -0.3 is 10.4 Å². The third kappa shape index (κ3) is 5.42. The normalized spacial score (nSPS) is 11.8. The minimum absolute atomic E-state index is 0.0633. The van der Waals surface area contributed by atoms with Crippen LogP contribution in [0.1, 0.15) is 29.5 Å². The van der Waals surface area contributed by atoms with Crippen molar-refractivity contribution in [2.45, 2.75) is 25.5 Å². The number of thioether (sulfide) groups is 1. The number of carbonyl (C=O) groups is 2. The Morgan fingerprint density at radius 1 is 1.17 bits per heavy atom. The number of aryl methyl sites for hydroxylation is 1. The van der Waals surface area contributed by atoms with E-state index in [1.165, 1.54) is 11.1 Å². The van der Waals surface area contributed by atoms with E-state index < -0.39 is 11.9 Å². The van der Waals surface area contributed by atoms with Crippen molar-refractivity contribution in [3.05, 3.63) is 65.2 Å². The topological polar surface area (TPSA) is 66.4 Å². The molecule has 2 aromatic rings. The molecular weight excluding hydrogens is 322 g/mol. The molecule has 2 aromatic carbocycles. The zero-order chi connectivity index (χ0) is 17.5. The summed E-state index contributed by atoms with van der Waals surface area (Å²) in [6.07, 6.45) is 0. The molecule has 0 radical (unpaired) electrons. The third-order valence-corrected chi connectivity index (χ3v) is 4.65. The molecule has 126 valence electrons. The molecule has 0 aromatic heterocycles. The van der Waals surface area contributed by atoms with Gasteiger partial charge in [-0.2, -0.15) is 0 Å². The van der Waals surface area contributed by atoms with Gasteiger partial charge in [0.25, 0.3) is 0 Å². The number of rotatable bonds is 7. The summed E-state index contributed by atoms with van der Waals surface area (Å²) in [5, 5.41) is 11.8. The molecule has 24 heavy (non-hydrogen) atoms. The van der Waals surface area contributed by atoms with E-state index in [9.17, 15) is 9.59 Å². The van der Waals surface area contributed by atoms with Crippen LogP contribution in [0.5, 0.6) is 0 Å². The van der Waals surface area contributed by atoms with Gasteiger partial charge in [0.2, 0.25) is 5.91 Å². The van der Waals surface area contributed by atoms with Gasteiger partial charge in [0.1, 0.15) is 0 Å². The summed E-state index contributed by atoms with van der Waals surface area (Å²) < 4.78 is 0. The van der Waals surface area contributed by atoms with E-state index in [-0.39, 0.29) is 5.91 Å². The first-order chi connectivity index (χ1) is 11.5. The van der Waals surface area contributed by atoms with Gasteiger partial charge >= 0.3 is 5.97 Å². The van der Waals surface area contributed by atoms with Gasteiger partial charge in [0.15, 0.2) is 0 Å². The van der Waals surface area contributed by atoms with E-state index in [0.717, 1.165) is 5.75 Å². The summed E-state index contributed by atoms with van der Waals surface area (Å²) in [6, 6.07) is 15.2. The van der Waals surface area contributed by atoms with E-state index >= 15 is 0 Å². The highest BCUT2D eigenvalue weighted by molar-refractivity contribution is 7.99. The van der Waals surface area contributed by atoms with Gasteiger partial charge in [-0.05, 0) is 37.1 Å². The highest BCUT2D eigenvalue weighted by Crippen LogP contribution is 2.19. The molecule has 4 nitrogen and oxygen atoms in total. The Morgan fingerprint density at radius 2 is 1.88 bits per heavy atom. The van der Waals surface area contributed by atoms with Crippen molar-refractivity contribution in [1.82, 2.24) is 0 Å². The first kappa shape index (κ1) is 18.1. The molecule has 0 bridgehead atoms. The number of carboxylic acid groups (broad SMARTS) is 1. The summed E-state index contributed by atoms with van der Waals surface area (Å²) in [7, 11) is 0. The second-order valence-electron chi connectivity index (χ2n) is 5.71. The number of hydrogen-bond donors (Lipinski definition) is 2. The van der Waals surface area contributed by atoms with Crippen LogP contribution < -0.4 is 5.32 Å². The second-order valence-corrected chi connectivity index (χ2v) is 6.70. The van der Waals surface area contributed by atoms with Gasteiger partial charge in [0, 0.05) is 11.4 Å². The summed E-state index contributed by atoms with van der Waals surface area (Å²) in [4.78, 5) is 22.9. The summed E-state index contributed by atoms with van der Waals surface area (Å²) in [5.41, 5.74) is 3.82. The Bertz CT molecular complexity index is 713. The summed E-state index contributed by atoms with van der Waals surface area (Å²) in [5.74, 6) is -0.309. The summed E-state index contributed by atoms with van der Waals surface area (Å²) >= 11 is 1.56. The van der Waals surface area contributed by atoms with E-state index in [4.69, 9.17) is 5.11 Å². The molecule has 1 unspecified atom stereocenters. The zero-order valence-electron chi connectivity index (χ0n) is 13.8. The third-order valence-electron chi connectivity index (χ3n) is 3.65. The molecule has 2 N–H and O–H groups in total. The average molecular weight is 343 g/mol. The number of carboxylic acids is 1. The number of hydrogen-bond acceptors (Lipinski definition) is 3. The molecule has 5 heteroatoms. The van der Waals surface area contributed by atoms with Crippen molar-refractivity contribution in [3.8, 4) is 0 Å². The highest BCUT2D eigenvalue weighted by Gasteiger charge is 2.13. The van der Waals surface area contributed by atoms with Crippen molar-refractivity contribution in [2.24, 2.45) is 0 Å². The standard InChI is InChI=1S/C19H21NO3S/c1-13-4-3-5-15(10-13)11-24-12-18(21)20-17-8-6-16(7-9-17)14(2)19(22)23/h3-10,14H,11-12H2,1-2H3,(H,20,21)(H,22,23). The van der Waals surface area contributed by atoms with Gasteiger partial charge in [-0.3, -0.25) is 9.59 Å². The van der Waals surface area contributed by atoms with E-state index in [1.54, 1.807) is 43.0 Å². The van der Waals surface area contributed by atoms with Crippen LogP contribution >= 0.6 is 11.8 Å². The molecule has 0 saturated heterocycles. The van der Waals surface area contributed by atoms with Gasteiger partial charge in [-0.1, -0.05) is 42.0 Å². The zero-order valence-corrected chi connectivity index (χ0v) is 14.6. The Labute approximate surface area is 146 Å². The lowest BCUT2D eigenvalue weighted by Gasteiger charge is -2.09. The van der Waals surface area contributed by atoms with Crippen molar-refractivity contribution in [2.75, 3.05) is 11.1 Å². The van der Waals surface area contributed by atoms with Crippen LogP contribution in [0.2, 0.25) is 0 Å². The molecule has 1 atom stereocenters. The largest absolute Gasteiger partial charge is 0.481 e. The number of aliphatic carboxylic acids is 1. The molecule has 1 amide bonds. The van der Waals surface area contributed by atoms with Crippen LogP contribution in [0.3, 0.4) is 0 Å². The Kier molecular flexibility index (Phi) is 6.44. The number of anilines is 1. The fourth-order valence-corrected chi connectivity index (χ4v) is 3.03. The second kappa shape index (κ2) is 8.55. The molecule has 2 rings (SSSR count). The Morgan fingerprint density at radius 3 is 2.50 bits per heavy atom. The maximum Gasteiger partial charge on any atom is 0.310 e. The van der Waals surface area contributed by atoms with Crippen molar-refractivity contribution < 1.29 is 14.7 Å². The molecule has 0 fully saturated rings. The van der Waals surface area contributed by atoms with Crippen molar-refractivity contribution in [1.29, 1.82) is 0 Å². The van der Waals surface area contributed by atoms with Gasteiger partial charge in [-0.15, -0.1) is 11.8 Å². The van der Waals surface area contributed by atoms with Crippen molar-refractivity contribution >= 4 is 29.3 Å². The van der Waals surface area contributed by atoms with Gasteiger partial charge in [0.05, 0.1) is 11.7 Å². The molecule has 0 aliphatic rings. The minimum atomic E-state index is -0.862. The van der Waals surface area contributed by atoms with Crippen LogP contribution in [-0.2, 0) is 15.3 Å². The maximum atomic E-state index is 12.0. The van der Waals surface area contributed by atoms with E-state index in [0.29, 0.717) is 17.0 Å². The fourth-order valence-electron chi connectivity index (χ4n) is 2.26. The van der Waals surface area contributed by atoms with Crippen LogP contribution in [-0.4, -0.2) is 22.7 Å². The molecule has 0 aliphatic carbocycles. The predicted octanol–water partition coefficient (Wildman–Crippen LogP) is 4.06. The summed E-state index contributed by atoms with van der Waals surface area (Å²) in [6.45, 7) is 3.69. The lowest BCUT2D eigenvalue weighted by Crippen LogP contribution is -2.14. The lowest BCUT2D eigenvalue weighted by molar-refractivity contribution is -0.138. The van der Waals surface area contributed by atoms with Crippen molar-refractivity contribution in [3.63, 3.8) is 0 Å². The quantitative estimate of drug-likeness (QED) is 0.796. The molecular formula is C19H21NO3S. The van der Waals surface area contributed by atoms with E-state index in [2.05, 4.69) is 30.4 Å². The Hall–Kier alpha value is -2.27. The van der Waals surface area contributed by atoms with Crippen LogP contribution in [0.4, 0.5) is 5.69 Å². The number of nitrogens with one attached hydrogen (secondary N) is 1. The fraction of sp³-hybridized carbons (Fsp3) is 0.263. The molecule has 0 aliphatic heterocycles. The highest BCUT2D eigenvalue weighted by atomic mass is 32.2. The maximum absolute atomic E-state index is 12.0. The lowest BCUT2D eigenvalue weighted by atomic mass is 10.0. The van der Waals surface area contributed by atoms with Gasteiger partial charge in [-0.25, -0.2) is 0 Å². The monoisotopic (exact) mass is 343 g/mol. The smallest absolute Gasteiger partial charge is 0.310 e. The average Bonchev–Trinajstić information content (AvgIpc) is 2.55. The first-order valence-electron chi connectivity index (χ1n) is 7.71. The minimum Gasteiger partial charge on any atom is -0.481 e. The Balaban J connectivity index is 1.81. The molecule has 0 spiro atoms. The van der Waals surface area contributed by atoms with E-state index in [1.807, 2.05) is 6.07 Å². The van der Waals surface area contributed by atoms with Crippen LogP contribution in [0.25, 0.3) is 0 Å². The van der Waals surface area contributed by atoms with Crippen LogP contribution in [0, 0.1) is 6.92 Å². The number of benzene rings is 2. The SMILES string of the molecule is Cc1cccc(CSCC(=O)Nc2ccc(C(C)C(=O)O)cc2)c1. The number of amides is 1. The first-order valence-corrected chi connectivity index (χ1v) is 8.87. The van der Waals surface area contributed by atoms with Crippen LogP contribution in [0.15, 0.2) is 48.5 Å². The predicted molar refractivity (Wildman–Crippen MR) is 98.5 cm³/mol. The number of carbonyl (C=O) groups excluding carboxylic acids is 1. The molecule has 0 saturated carbocycles. The molecule has 0 heterocycles.